The largest absolute Gasteiger partial charge is 0.493 e. The third-order valence-corrected chi connectivity index (χ3v) is 5.90. The molecule has 1 aromatic heterocycles. The zero-order chi connectivity index (χ0) is 18.4. The summed E-state index contributed by atoms with van der Waals surface area (Å²) in [6, 6.07) is 13.7. The van der Waals surface area contributed by atoms with E-state index in [9.17, 15) is 5.11 Å². The van der Waals surface area contributed by atoms with E-state index in [1.165, 1.54) is 11.3 Å². The topological polar surface area (TPSA) is 56.0 Å². The van der Waals surface area contributed by atoms with E-state index >= 15 is 0 Å². The van der Waals surface area contributed by atoms with Crippen LogP contribution in [0.1, 0.15) is 16.0 Å². The van der Waals surface area contributed by atoms with E-state index in [0.29, 0.717) is 10.5 Å². The summed E-state index contributed by atoms with van der Waals surface area (Å²) in [5, 5.41) is 10.7. The molecule has 0 aliphatic carbocycles. The summed E-state index contributed by atoms with van der Waals surface area (Å²) in [4.78, 5) is 5.13. The number of rotatable bonds is 3. The molecule has 0 saturated carbocycles. The Balaban J connectivity index is 1.48. The Morgan fingerprint density at radius 2 is 2.04 bits per heavy atom. The van der Waals surface area contributed by atoms with Crippen molar-refractivity contribution in [3.05, 3.63) is 62.4 Å². The van der Waals surface area contributed by atoms with Crippen LogP contribution in [0, 0.1) is 3.95 Å². The zero-order valence-electron chi connectivity index (χ0n) is 14.1. The second-order valence-corrected chi connectivity index (χ2v) is 7.88. The molecular formula is C20H14N2O3S2. The van der Waals surface area contributed by atoms with Crippen LogP contribution in [0.2, 0.25) is 0 Å². The van der Waals surface area contributed by atoms with Crippen LogP contribution < -0.4 is 9.47 Å². The summed E-state index contributed by atoms with van der Waals surface area (Å²) in [6.45, 7) is 0.703. The molecule has 2 aliphatic rings. The Labute approximate surface area is 164 Å². The number of fused-ring (bicyclic) bond motifs is 2. The quantitative estimate of drug-likeness (QED) is 0.634. The standard InChI is InChI=1S/C20H14N2O3S2/c23-19-18(8-13-9-21-15-4-2-1-3-14(13)15)27-20(26)22(19)10-12-5-6-16-17(7-12)25-11-24-16/h1-9,23H,10-11H2. The minimum atomic E-state index is 0.160. The molecule has 0 amide bonds. The first-order chi connectivity index (χ1) is 13.2. The molecule has 0 fully saturated rings. The van der Waals surface area contributed by atoms with Gasteiger partial charge in [0.05, 0.1) is 17.1 Å². The van der Waals surface area contributed by atoms with Crippen molar-refractivity contribution in [1.82, 2.24) is 4.57 Å². The highest BCUT2D eigenvalue weighted by molar-refractivity contribution is 7.73. The predicted octanol–water partition coefficient (Wildman–Crippen LogP) is 5.02. The van der Waals surface area contributed by atoms with Gasteiger partial charge >= 0.3 is 0 Å². The molecule has 2 aromatic carbocycles. The SMILES string of the molecule is Oc1c(C=C2C=Nc3ccccc32)sc(=S)n1Cc1ccc2c(c1)OCO2. The maximum absolute atomic E-state index is 10.7. The Hall–Kier alpha value is -2.90. The molecule has 5 rings (SSSR count). The van der Waals surface area contributed by atoms with Crippen LogP contribution in [0.15, 0.2) is 47.5 Å². The second-order valence-electron chi connectivity index (χ2n) is 6.20. The summed E-state index contributed by atoms with van der Waals surface area (Å²) >= 11 is 6.86. The number of allylic oxidation sites excluding steroid dienone is 1. The summed E-state index contributed by atoms with van der Waals surface area (Å²) in [5.74, 6) is 1.62. The number of benzene rings is 2. The number of aliphatic imine (C=N–C) groups is 1. The fourth-order valence-corrected chi connectivity index (χ4v) is 4.42. The van der Waals surface area contributed by atoms with E-state index in [4.69, 9.17) is 21.7 Å². The van der Waals surface area contributed by atoms with Crippen molar-refractivity contribution < 1.29 is 14.6 Å². The van der Waals surface area contributed by atoms with E-state index in [1.807, 2.05) is 54.8 Å². The lowest BCUT2D eigenvalue weighted by Crippen LogP contribution is -1.99. The number of hydrogen-bond acceptors (Lipinski definition) is 6. The van der Waals surface area contributed by atoms with Gasteiger partial charge in [-0.2, -0.15) is 0 Å². The first-order valence-corrected chi connectivity index (χ1v) is 9.58. The van der Waals surface area contributed by atoms with Gasteiger partial charge in [0.1, 0.15) is 0 Å². The Kier molecular flexibility index (Phi) is 3.84. The normalized spacial score (nSPS) is 15.5. The lowest BCUT2D eigenvalue weighted by atomic mass is 10.1. The fourth-order valence-electron chi connectivity index (χ4n) is 3.16. The van der Waals surface area contributed by atoms with Crippen LogP contribution in [0.4, 0.5) is 5.69 Å². The lowest BCUT2D eigenvalue weighted by molar-refractivity contribution is 0.174. The van der Waals surface area contributed by atoms with Gasteiger partial charge in [0.25, 0.3) is 0 Å². The molecule has 3 heterocycles. The summed E-state index contributed by atoms with van der Waals surface area (Å²) in [6.07, 6.45) is 3.75. The second kappa shape index (κ2) is 6.37. The molecule has 0 saturated heterocycles. The van der Waals surface area contributed by atoms with Crippen molar-refractivity contribution in [3.8, 4) is 17.4 Å². The molecule has 3 aromatic rings. The van der Waals surface area contributed by atoms with Gasteiger partial charge in [-0.05, 0) is 42.1 Å². The van der Waals surface area contributed by atoms with Crippen molar-refractivity contribution in [1.29, 1.82) is 0 Å². The Morgan fingerprint density at radius 1 is 1.19 bits per heavy atom. The molecule has 0 spiro atoms. The van der Waals surface area contributed by atoms with Crippen LogP contribution >= 0.6 is 23.6 Å². The number of thiazole rings is 1. The lowest BCUT2D eigenvalue weighted by Gasteiger charge is -2.06. The average molecular weight is 394 g/mol. The predicted molar refractivity (Wildman–Crippen MR) is 109 cm³/mol. The summed E-state index contributed by atoms with van der Waals surface area (Å²) in [5.41, 5.74) is 3.94. The molecule has 0 bridgehead atoms. The highest BCUT2D eigenvalue weighted by atomic mass is 32.1. The van der Waals surface area contributed by atoms with Gasteiger partial charge in [0.15, 0.2) is 15.5 Å². The summed E-state index contributed by atoms with van der Waals surface area (Å²) in [7, 11) is 0. The van der Waals surface area contributed by atoms with Crippen LogP contribution in [0.5, 0.6) is 17.4 Å². The van der Waals surface area contributed by atoms with Gasteiger partial charge in [-0.1, -0.05) is 24.3 Å². The summed E-state index contributed by atoms with van der Waals surface area (Å²) < 4.78 is 13.1. The van der Waals surface area contributed by atoms with Gasteiger partial charge in [-0.15, -0.1) is 11.3 Å². The molecule has 134 valence electrons. The van der Waals surface area contributed by atoms with E-state index in [0.717, 1.165) is 38.8 Å². The smallest absolute Gasteiger partial charge is 0.231 e. The zero-order valence-corrected chi connectivity index (χ0v) is 15.7. The average Bonchev–Trinajstić information content (AvgIpc) is 3.37. The molecule has 5 nitrogen and oxygen atoms in total. The minimum Gasteiger partial charge on any atom is -0.493 e. The molecule has 27 heavy (non-hydrogen) atoms. The van der Waals surface area contributed by atoms with E-state index in [-0.39, 0.29) is 12.7 Å². The van der Waals surface area contributed by atoms with E-state index in [1.54, 1.807) is 4.57 Å². The van der Waals surface area contributed by atoms with Crippen molar-refractivity contribution in [3.63, 3.8) is 0 Å². The molecule has 0 atom stereocenters. The van der Waals surface area contributed by atoms with E-state index < -0.39 is 0 Å². The molecule has 2 aliphatic heterocycles. The van der Waals surface area contributed by atoms with Crippen LogP contribution in [0.3, 0.4) is 0 Å². The molecule has 0 unspecified atom stereocenters. The number of aromatic hydroxyl groups is 1. The van der Waals surface area contributed by atoms with Crippen LogP contribution in [-0.2, 0) is 6.54 Å². The molecule has 1 N–H and O–H groups in total. The molecule has 0 radical (unpaired) electrons. The third-order valence-electron chi connectivity index (χ3n) is 4.52. The van der Waals surface area contributed by atoms with Crippen LogP contribution in [-0.4, -0.2) is 22.7 Å². The minimum absolute atomic E-state index is 0.160. The van der Waals surface area contributed by atoms with Gasteiger partial charge in [-0.25, -0.2) is 0 Å². The van der Waals surface area contributed by atoms with Gasteiger partial charge in [-0.3, -0.25) is 9.56 Å². The molecular weight excluding hydrogens is 380 g/mol. The fraction of sp³-hybridized carbons (Fsp3) is 0.100. The number of ether oxygens (including phenoxy) is 2. The highest BCUT2D eigenvalue weighted by Gasteiger charge is 2.17. The van der Waals surface area contributed by atoms with Crippen molar-refractivity contribution in [2.75, 3.05) is 6.79 Å². The first-order valence-electron chi connectivity index (χ1n) is 8.35. The van der Waals surface area contributed by atoms with Gasteiger partial charge in [0, 0.05) is 17.4 Å². The first kappa shape index (κ1) is 16.3. The Bertz CT molecular complexity index is 1170. The number of para-hydroxylation sites is 1. The van der Waals surface area contributed by atoms with Crippen molar-refractivity contribution in [2.24, 2.45) is 4.99 Å². The van der Waals surface area contributed by atoms with Crippen LogP contribution in [0.25, 0.3) is 11.6 Å². The van der Waals surface area contributed by atoms with Gasteiger partial charge in [0.2, 0.25) is 12.7 Å². The molecule has 7 heteroatoms. The number of aromatic nitrogens is 1. The Morgan fingerprint density at radius 3 is 2.96 bits per heavy atom. The maximum Gasteiger partial charge on any atom is 0.231 e. The highest BCUT2D eigenvalue weighted by Crippen LogP contribution is 2.37. The monoisotopic (exact) mass is 394 g/mol. The maximum atomic E-state index is 10.7. The number of nitrogens with zero attached hydrogens (tertiary/aromatic N) is 2. The van der Waals surface area contributed by atoms with Crippen molar-refractivity contribution >= 4 is 47.1 Å². The van der Waals surface area contributed by atoms with E-state index in [2.05, 4.69) is 4.99 Å². The third kappa shape index (κ3) is 2.85. The van der Waals surface area contributed by atoms with Crippen molar-refractivity contribution in [2.45, 2.75) is 6.54 Å². The van der Waals surface area contributed by atoms with Gasteiger partial charge < -0.3 is 14.6 Å². The number of hydrogen-bond donors (Lipinski definition) is 1.